The Balaban J connectivity index is 3.19. The zero-order valence-corrected chi connectivity index (χ0v) is 9.14. The van der Waals surface area contributed by atoms with Gasteiger partial charge in [-0.05, 0) is 19.9 Å². The third kappa shape index (κ3) is 2.20. The van der Waals surface area contributed by atoms with Gasteiger partial charge in [0, 0.05) is 11.3 Å². The summed E-state index contributed by atoms with van der Waals surface area (Å²) in [6.45, 7) is 6.46. The first-order valence-corrected chi connectivity index (χ1v) is 4.80. The summed E-state index contributed by atoms with van der Waals surface area (Å²) in [5.41, 5.74) is 1.59. The average molecular weight is 195 g/mol. The third-order valence-electron chi connectivity index (χ3n) is 2.12. The van der Waals surface area contributed by atoms with E-state index >= 15 is 0 Å². The van der Waals surface area contributed by atoms with Gasteiger partial charge in [0.25, 0.3) is 5.56 Å². The highest BCUT2D eigenvalue weighted by atomic mass is 16.1. The van der Waals surface area contributed by atoms with E-state index in [2.05, 4.69) is 15.3 Å². The molecule has 0 spiro atoms. The molecule has 0 aliphatic carbocycles. The van der Waals surface area contributed by atoms with E-state index in [4.69, 9.17) is 0 Å². The number of hydrogen-bond acceptors (Lipinski definition) is 3. The fraction of sp³-hybridized carbons (Fsp3) is 0.600. The van der Waals surface area contributed by atoms with Crippen LogP contribution in [-0.2, 0) is 6.54 Å². The van der Waals surface area contributed by atoms with Crippen LogP contribution in [0.1, 0.15) is 36.8 Å². The van der Waals surface area contributed by atoms with Crippen LogP contribution in [0.3, 0.4) is 0 Å². The number of aromatic nitrogens is 2. The standard InChI is InChI=1S/C10H17N3O/c1-6(2)9-7(3)12-8(5-11-4)13-10(9)14/h6,11H,5H2,1-4H3,(H,12,13,14). The molecule has 14 heavy (non-hydrogen) atoms. The summed E-state index contributed by atoms with van der Waals surface area (Å²) in [5, 5.41) is 2.95. The van der Waals surface area contributed by atoms with Crippen molar-refractivity contribution >= 4 is 0 Å². The average Bonchev–Trinajstić information content (AvgIpc) is 2.01. The van der Waals surface area contributed by atoms with Gasteiger partial charge in [0.2, 0.25) is 0 Å². The quantitative estimate of drug-likeness (QED) is 0.754. The van der Waals surface area contributed by atoms with Crippen LogP contribution in [0.25, 0.3) is 0 Å². The van der Waals surface area contributed by atoms with Gasteiger partial charge in [-0.2, -0.15) is 0 Å². The van der Waals surface area contributed by atoms with Crippen LogP contribution in [-0.4, -0.2) is 17.0 Å². The minimum absolute atomic E-state index is 0.0160. The number of nitrogens with zero attached hydrogens (tertiary/aromatic N) is 1. The molecule has 0 saturated heterocycles. The van der Waals surface area contributed by atoms with Gasteiger partial charge in [0.05, 0.1) is 6.54 Å². The highest BCUT2D eigenvalue weighted by Crippen LogP contribution is 2.11. The zero-order chi connectivity index (χ0) is 10.7. The van der Waals surface area contributed by atoms with Crippen molar-refractivity contribution in [3.63, 3.8) is 0 Å². The van der Waals surface area contributed by atoms with Crippen LogP contribution in [0.4, 0.5) is 0 Å². The van der Waals surface area contributed by atoms with Crippen molar-refractivity contribution in [3.8, 4) is 0 Å². The maximum Gasteiger partial charge on any atom is 0.254 e. The van der Waals surface area contributed by atoms with Crippen LogP contribution in [0.2, 0.25) is 0 Å². The van der Waals surface area contributed by atoms with Crippen molar-refractivity contribution in [2.75, 3.05) is 7.05 Å². The lowest BCUT2D eigenvalue weighted by Gasteiger charge is -2.09. The van der Waals surface area contributed by atoms with E-state index in [0.717, 1.165) is 11.3 Å². The molecule has 1 heterocycles. The molecule has 0 radical (unpaired) electrons. The molecule has 78 valence electrons. The molecule has 0 aliphatic heterocycles. The van der Waals surface area contributed by atoms with E-state index in [1.165, 1.54) is 0 Å². The molecule has 4 heteroatoms. The van der Waals surface area contributed by atoms with Gasteiger partial charge in [-0.1, -0.05) is 13.8 Å². The minimum Gasteiger partial charge on any atom is -0.313 e. The molecule has 0 amide bonds. The van der Waals surface area contributed by atoms with E-state index in [1.807, 2.05) is 27.8 Å². The van der Waals surface area contributed by atoms with Gasteiger partial charge in [0.15, 0.2) is 0 Å². The van der Waals surface area contributed by atoms with Crippen LogP contribution in [0.15, 0.2) is 4.79 Å². The Bertz CT molecular complexity index is 368. The summed E-state index contributed by atoms with van der Waals surface area (Å²) < 4.78 is 0. The molecule has 0 unspecified atom stereocenters. The SMILES string of the molecule is CNCc1nc(C)c(C(C)C)c(=O)[nH]1. The largest absolute Gasteiger partial charge is 0.313 e. The molecule has 0 atom stereocenters. The van der Waals surface area contributed by atoms with Gasteiger partial charge in [0.1, 0.15) is 5.82 Å². The molecule has 0 fully saturated rings. The lowest BCUT2D eigenvalue weighted by molar-refractivity contribution is 0.725. The molecular weight excluding hydrogens is 178 g/mol. The third-order valence-corrected chi connectivity index (χ3v) is 2.12. The summed E-state index contributed by atoms with van der Waals surface area (Å²) in [7, 11) is 1.83. The first kappa shape index (κ1) is 10.9. The molecule has 0 bridgehead atoms. The fourth-order valence-corrected chi connectivity index (χ4v) is 1.58. The summed E-state index contributed by atoms with van der Waals surface area (Å²) >= 11 is 0. The predicted molar refractivity (Wildman–Crippen MR) is 56.4 cm³/mol. The Kier molecular flexibility index (Phi) is 3.41. The Morgan fingerprint density at radius 3 is 2.57 bits per heavy atom. The Hall–Kier alpha value is -1.16. The van der Waals surface area contributed by atoms with Crippen molar-refractivity contribution in [3.05, 3.63) is 27.4 Å². The monoisotopic (exact) mass is 195 g/mol. The first-order chi connectivity index (χ1) is 6.56. The second kappa shape index (κ2) is 4.37. The molecule has 0 aliphatic rings. The van der Waals surface area contributed by atoms with Gasteiger partial charge >= 0.3 is 0 Å². The number of aromatic amines is 1. The van der Waals surface area contributed by atoms with Crippen molar-refractivity contribution < 1.29 is 0 Å². The molecule has 4 nitrogen and oxygen atoms in total. The first-order valence-electron chi connectivity index (χ1n) is 4.80. The smallest absolute Gasteiger partial charge is 0.254 e. The van der Waals surface area contributed by atoms with E-state index in [1.54, 1.807) is 0 Å². The maximum absolute atomic E-state index is 11.7. The number of nitrogens with one attached hydrogen (secondary N) is 2. The second-order valence-corrected chi connectivity index (χ2v) is 3.70. The van der Waals surface area contributed by atoms with Crippen LogP contribution >= 0.6 is 0 Å². The maximum atomic E-state index is 11.7. The van der Waals surface area contributed by atoms with E-state index in [9.17, 15) is 4.79 Å². The van der Waals surface area contributed by atoms with Crippen LogP contribution in [0, 0.1) is 6.92 Å². The number of hydrogen-bond donors (Lipinski definition) is 2. The number of aryl methyl sites for hydroxylation is 1. The van der Waals surface area contributed by atoms with Crippen molar-refractivity contribution in [2.24, 2.45) is 0 Å². The molecule has 2 N–H and O–H groups in total. The van der Waals surface area contributed by atoms with Gasteiger partial charge in [-0.25, -0.2) is 4.98 Å². The highest BCUT2D eigenvalue weighted by Gasteiger charge is 2.10. The fourth-order valence-electron chi connectivity index (χ4n) is 1.58. The summed E-state index contributed by atoms with van der Waals surface area (Å²) in [6, 6.07) is 0. The summed E-state index contributed by atoms with van der Waals surface area (Å²) in [4.78, 5) is 18.8. The van der Waals surface area contributed by atoms with Crippen LogP contribution < -0.4 is 10.9 Å². The molecule has 0 aromatic carbocycles. The van der Waals surface area contributed by atoms with E-state index in [0.29, 0.717) is 12.4 Å². The lowest BCUT2D eigenvalue weighted by Crippen LogP contribution is -2.22. The van der Waals surface area contributed by atoms with Crippen LogP contribution in [0.5, 0.6) is 0 Å². The number of rotatable bonds is 3. The Labute approximate surface area is 83.8 Å². The Morgan fingerprint density at radius 1 is 1.50 bits per heavy atom. The minimum atomic E-state index is -0.0160. The summed E-state index contributed by atoms with van der Waals surface area (Å²) in [5.74, 6) is 0.911. The Morgan fingerprint density at radius 2 is 2.14 bits per heavy atom. The second-order valence-electron chi connectivity index (χ2n) is 3.70. The predicted octanol–water partition coefficient (Wildman–Crippen LogP) is 0.921. The highest BCUT2D eigenvalue weighted by molar-refractivity contribution is 5.19. The summed E-state index contributed by atoms with van der Waals surface area (Å²) in [6.07, 6.45) is 0. The van der Waals surface area contributed by atoms with Gasteiger partial charge in [-0.3, -0.25) is 4.79 Å². The lowest BCUT2D eigenvalue weighted by atomic mass is 10.0. The van der Waals surface area contributed by atoms with Gasteiger partial charge in [-0.15, -0.1) is 0 Å². The van der Waals surface area contributed by atoms with Crippen molar-refractivity contribution in [2.45, 2.75) is 33.2 Å². The van der Waals surface area contributed by atoms with E-state index in [-0.39, 0.29) is 11.5 Å². The number of H-pyrrole nitrogens is 1. The van der Waals surface area contributed by atoms with Crippen molar-refractivity contribution in [1.82, 2.24) is 15.3 Å². The molecule has 0 saturated carbocycles. The topological polar surface area (TPSA) is 57.8 Å². The van der Waals surface area contributed by atoms with Gasteiger partial charge < -0.3 is 10.3 Å². The molecule has 1 aromatic rings. The molecular formula is C10H17N3O. The molecule has 1 rings (SSSR count). The van der Waals surface area contributed by atoms with E-state index < -0.39 is 0 Å². The zero-order valence-electron chi connectivity index (χ0n) is 9.14. The van der Waals surface area contributed by atoms with Crippen molar-refractivity contribution in [1.29, 1.82) is 0 Å². The molecule has 1 aromatic heterocycles. The normalized spacial score (nSPS) is 10.9.